The standard InChI is InChI=1S/C22H30N2O5/c1-4-17-14-20(25)29-21-15(2)19(7-6-18(17)21)28-16(3)22(26)23-8-5-9-24-10-12-27-13-11-24/h6-7,14,16H,4-5,8-13H2,1-3H3,(H,23,26)/t16-/m1/s1. The van der Waals surface area contributed by atoms with Crippen molar-refractivity contribution in [2.75, 3.05) is 39.4 Å². The molecule has 1 N–H and O–H groups in total. The molecule has 1 fully saturated rings. The summed E-state index contributed by atoms with van der Waals surface area (Å²) in [4.78, 5) is 26.6. The topological polar surface area (TPSA) is 81.0 Å². The van der Waals surface area contributed by atoms with Crippen LogP contribution < -0.4 is 15.7 Å². The van der Waals surface area contributed by atoms with Crippen LogP contribution >= 0.6 is 0 Å². The van der Waals surface area contributed by atoms with E-state index in [1.165, 1.54) is 6.07 Å². The highest BCUT2D eigenvalue weighted by molar-refractivity contribution is 5.85. The van der Waals surface area contributed by atoms with Gasteiger partial charge in [-0.25, -0.2) is 4.79 Å². The van der Waals surface area contributed by atoms with Gasteiger partial charge in [-0.15, -0.1) is 0 Å². The van der Waals surface area contributed by atoms with E-state index in [0.29, 0.717) is 17.9 Å². The van der Waals surface area contributed by atoms with Crippen LogP contribution in [0.4, 0.5) is 0 Å². The molecule has 1 aliphatic rings. The fourth-order valence-corrected chi connectivity index (χ4v) is 3.55. The van der Waals surface area contributed by atoms with Crippen LogP contribution in [-0.2, 0) is 16.0 Å². The summed E-state index contributed by atoms with van der Waals surface area (Å²) in [6.45, 7) is 10.6. The minimum atomic E-state index is -0.643. The van der Waals surface area contributed by atoms with Gasteiger partial charge in [0.25, 0.3) is 5.91 Å². The summed E-state index contributed by atoms with van der Waals surface area (Å²) in [7, 11) is 0. The molecule has 1 atom stereocenters. The Morgan fingerprint density at radius 2 is 2.07 bits per heavy atom. The Balaban J connectivity index is 1.57. The largest absolute Gasteiger partial charge is 0.480 e. The Kier molecular flexibility index (Phi) is 7.28. The van der Waals surface area contributed by atoms with Gasteiger partial charge in [-0.05, 0) is 50.9 Å². The van der Waals surface area contributed by atoms with Crippen molar-refractivity contribution in [3.05, 3.63) is 39.7 Å². The molecule has 158 valence electrons. The molecule has 2 aromatic rings. The molecule has 1 aromatic carbocycles. The van der Waals surface area contributed by atoms with E-state index in [0.717, 1.165) is 62.2 Å². The average Bonchev–Trinajstić information content (AvgIpc) is 2.73. The molecule has 0 radical (unpaired) electrons. The highest BCUT2D eigenvalue weighted by atomic mass is 16.5. The third kappa shape index (κ3) is 5.36. The van der Waals surface area contributed by atoms with E-state index in [1.807, 2.05) is 26.0 Å². The number of hydrogen-bond donors (Lipinski definition) is 1. The lowest BCUT2D eigenvalue weighted by molar-refractivity contribution is -0.127. The second-order valence-corrected chi connectivity index (χ2v) is 7.37. The second kappa shape index (κ2) is 9.89. The Labute approximate surface area is 171 Å². The zero-order valence-corrected chi connectivity index (χ0v) is 17.5. The maximum atomic E-state index is 12.4. The molecular formula is C22H30N2O5. The van der Waals surface area contributed by atoms with Crippen LogP contribution in [0.2, 0.25) is 0 Å². The van der Waals surface area contributed by atoms with E-state index in [9.17, 15) is 9.59 Å². The van der Waals surface area contributed by atoms with Crippen LogP contribution in [0.3, 0.4) is 0 Å². The van der Waals surface area contributed by atoms with E-state index in [1.54, 1.807) is 6.92 Å². The summed E-state index contributed by atoms with van der Waals surface area (Å²) in [5, 5.41) is 3.83. The van der Waals surface area contributed by atoms with Crippen molar-refractivity contribution in [3.63, 3.8) is 0 Å². The van der Waals surface area contributed by atoms with Crippen LogP contribution in [0.1, 0.15) is 31.4 Å². The monoisotopic (exact) mass is 402 g/mol. The fraction of sp³-hybridized carbons (Fsp3) is 0.545. The number of carbonyl (C=O) groups is 1. The Morgan fingerprint density at radius 3 is 2.79 bits per heavy atom. The lowest BCUT2D eigenvalue weighted by Gasteiger charge is -2.26. The summed E-state index contributed by atoms with van der Waals surface area (Å²) in [5.41, 5.74) is 1.81. The molecule has 3 rings (SSSR count). The van der Waals surface area contributed by atoms with Gasteiger partial charge < -0.3 is 19.2 Å². The molecule has 7 heteroatoms. The Hall–Kier alpha value is -2.38. The van der Waals surface area contributed by atoms with Crippen molar-refractivity contribution >= 4 is 16.9 Å². The quantitative estimate of drug-likeness (QED) is 0.539. The predicted octanol–water partition coefficient (Wildman–Crippen LogP) is 2.27. The van der Waals surface area contributed by atoms with Crippen molar-refractivity contribution in [2.45, 2.75) is 39.7 Å². The Morgan fingerprint density at radius 1 is 1.31 bits per heavy atom. The van der Waals surface area contributed by atoms with Crippen molar-refractivity contribution < 1.29 is 18.7 Å². The first-order valence-corrected chi connectivity index (χ1v) is 10.3. The molecular weight excluding hydrogens is 372 g/mol. The number of nitrogens with one attached hydrogen (secondary N) is 1. The number of aryl methyl sites for hydroxylation is 2. The predicted molar refractivity (Wildman–Crippen MR) is 112 cm³/mol. The Bertz CT molecular complexity index is 902. The zero-order chi connectivity index (χ0) is 20.8. The smallest absolute Gasteiger partial charge is 0.336 e. The van der Waals surface area contributed by atoms with Gasteiger partial charge in [0.05, 0.1) is 13.2 Å². The molecule has 7 nitrogen and oxygen atoms in total. The molecule has 1 aliphatic heterocycles. The molecule has 0 aliphatic carbocycles. The third-order valence-electron chi connectivity index (χ3n) is 5.30. The summed E-state index contributed by atoms with van der Waals surface area (Å²) >= 11 is 0. The summed E-state index contributed by atoms with van der Waals surface area (Å²) in [6, 6.07) is 5.24. The lowest BCUT2D eigenvalue weighted by atomic mass is 10.0. The number of morpholine rings is 1. The van der Waals surface area contributed by atoms with Crippen LogP contribution in [0, 0.1) is 6.92 Å². The average molecular weight is 402 g/mol. The maximum absolute atomic E-state index is 12.4. The SMILES string of the molecule is CCc1cc(=O)oc2c(C)c(O[C@H](C)C(=O)NCCCN3CCOCC3)ccc12. The number of hydrogen-bond acceptors (Lipinski definition) is 6. The first-order valence-electron chi connectivity index (χ1n) is 10.3. The summed E-state index contributed by atoms with van der Waals surface area (Å²) in [6.07, 6.45) is 0.985. The van der Waals surface area contributed by atoms with Crippen molar-refractivity contribution in [3.8, 4) is 5.75 Å². The van der Waals surface area contributed by atoms with Gasteiger partial charge in [-0.2, -0.15) is 0 Å². The third-order valence-corrected chi connectivity index (χ3v) is 5.30. The van der Waals surface area contributed by atoms with Gasteiger partial charge >= 0.3 is 5.63 Å². The molecule has 2 heterocycles. The minimum absolute atomic E-state index is 0.157. The molecule has 29 heavy (non-hydrogen) atoms. The number of fused-ring (bicyclic) bond motifs is 1. The molecule has 1 amide bonds. The molecule has 0 bridgehead atoms. The van der Waals surface area contributed by atoms with Crippen LogP contribution in [0.15, 0.2) is 27.4 Å². The van der Waals surface area contributed by atoms with E-state index >= 15 is 0 Å². The molecule has 0 spiro atoms. The number of benzene rings is 1. The van der Waals surface area contributed by atoms with E-state index in [2.05, 4.69) is 10.2 Å². The zero-order valence-electron chi connectivity index (χ0n) is 17.5. The fourth-order valence-electron chi connectivity index (χ4n) is 3.55. The van der Waals surface area contributed by atoms with Crippen molar-refractivity contribution in [1.29, 1.82) is 0 Å². The molecule has 1 saturated heterocycles. The van der Waals surface area contributed by atoms with Gasteiger partial charge in [-0.3, -0.25) is 9.69 Å². The van der Waals surface area contributed by atoms with Gasteiger partial charge in [0.2, 0.25) is 0 Å². The first kappa shape index (κ1) is 21.3. The van der Waals surface area contributed by atoms with Crippen molar-refractivity contribution in [2.24, 2.45) is 0 Å². The van der Waals surface area contributed by atoms with Crippen LogP contribution in [0.25, 0.3) is 11.0 Å². The number of ether oxygens (including phenoxy) is 2. The number of nitrogens with zero attached hydrogens (tertiary/aromatic N) is 1. The van der Waals surface area contributed by atoms with Crippen molar-refractivity contribution in [1.82, 2.24) is 10.2 Å². The van der Waals surface area contributed by atoms with Gasteiger partial charge in [0.1, 0.15) is 11.3 Å². The van der Waals surface area contributed by atoms with Crippen LogP contribution in [0.5, 0.6) is 5.75 Å². The van der Waals surface area contributed by atoms with E-state index < -0.39 is 6.10 Å². The van der Waals surface area contributed by atoms with Gasteiger partial charge in [-0.1, -0.05) is 6.92 Å². The molecule has 1 aromatic heterocycles. The number of amides is 1. The number of carbonyl (C=O) groups excluding carboxylic acids is 1. The highest BCUT2D eigenvalue weighted by Gasteiger charge is 2.18. The summed E-state index contributed by atoms with van der Waals surface area (Å²) in [5.74, 6) is 0.389. The first-order chi connectivity index (χ1) is 14.0. The summed E-state index contributed by atoms with van der Waals surface area (Å²) < 4.78 is 16.6. The highest BCUT2D eigenvalue weighted by Crippen LogP contribution is 2.29. The van der Waals surface area contributed by atoms with Gasteiger partial charge in [0.15, 0.2) is 6.10 Å². The second-order valence-electron chi connectivity index (χ2n) is 7.37. The lowest BCUT2D eigenvalue weighted by Crippen LogP contribution is -2.40. The minimum Gasteiger partial charge on any atom is -0.480 e. The van der Waals surface area contributed by atoms with Crippen LogP contribution in [-0.4, -0.2) is 56.3 Å². The normalized spacial score (nSPS) is 16.0. The molecule has 0 saturated carbocycles. The number of rotatable bonds is 8. The van der Waals surface area contributed by atoms with Gasteiger partial charge in [0, 0.05) is 36.7 Å². The molecule has 0 unspecified atom stereocenters. The van der Waals surface area contributed by atoms with E-state index in [4.69, 9.17) is 13.9 Å². The maximum Gasteiger partial charge on any atom is 0.336 e. The van der Waals surface area contributed by atoms with E-state index in [-0.39, 0.29) is 11.5 Å².